The van der Waals surface area contributed by atoms with Crippen LogP contribution >= 0.6 is 22.6 Å². The van der Waals surface area contributed by atoms with Gasteiger partial charge < -0.3 is 19.9 Å². The van der Waals surface area contributed by atoms with Gasteiger partial charge in [0.1, 0.15) is 17.4 Å². The molecule has 0 fully saturated rings. The van der Waals surface area contributed by atoms with Gasteiger partial charge in [-0.1, -0.05) is 6.92 Å². The summed E-state index contributed by atoms with van der Waals surface area (Å²) in [5, 5.41) is 21.3. The molecule has 0 aliphatic rings. The standard InChI is InChI=1S/C20H19IN2O4/c1-3-8-27-19-17(21)10-13(11-18(19)26-2)9-14(12-22)20(25)23-15-4-6-16(24)7-5-15/h4-7,9-11,24H,3,8H2,1-2H3,(H,23,25)/b14-9-. The van der Waals surface area contributed by atoms with Gasteiger partial charge in [0, 0.05) is 5.69 Å². The lowest BCUT2D eigenvalue weighted by molar-refractivity contribution is -0.112. The maximum absolute atomic E-state index is 12.4. The van der Waals surface area contributed by atoms with Gasteiger partial charge in [0.15, 0.2) is 11.5 Å². The Balaban J connectivity index is 2.28. The summed E-state index contributed by atoms with van der Waals surface area (Å²) < 4.78 is 11.9. The number of carbonyl (C=O) groups is 1. The number of anilines is 1. The molecule has 2 aromatic carbocycles. The summed E-state index contributed by atoms with van der Waals surface area (Å²) >= 11 is 2.13. The molecule has 0 aromatic heterocycles. The fraction of sp³-hybridized carbons (Fsp3) is 0.200. The molecule has 0 heterocycles. The van der Waals surface area contributed by atoms with Crippen molar-refractivity contribution in [2.24, 2.45) is 0 Å². The molecular formula is C20H19IN2O4. The van der Waals surface area contributed by atoms with E-state index >= 15 is 0 Å². The largest absolute Gasteiger partial charge is 0.508 e. The number of hydrogen-bond acceptors (Lipinski definition) is 5. The minimum atomic E-state index is -0.538. The third kappa shape index (κ3) is 5.62. The Hall–Kier alpha value is -2.73. The number of rotatable bonds is 7. The topological polar surface area (TPSA) is 91.6 Å². The molecule has 6 nitrogen and oxygen atoms in total. The monoisotopic (exact) mass is 478 g/mol. The van der Waals surface area contributed by atoms with E-state index in [0.29, 0.717) is 29.4 Å². The first-order valence-electron chi connectivity index (χ1n) is 8.21. The molecule has 0 atom stereocenters. The molecule has 1 amide bonds. The number of phenolic OH excluding ortho intramolecular Hbond substituents is 1. The van der Waals surface area contributed by atoms with E-state index in [9.17, 15) is 15.2 Å². The van der Waals surface area contributed by atoms with E-state index in [-0.39, 0.29) is 11.3 Å². The van der Waals surface area contributed by atoms with Gasteiger partial charge in [0.2, 0.25) is 0 Å². The van der Waals surface area contributed by atoms with Gasteiger partial charge in [-0.3, -0.25) is 4.79 Å². The van der Waals surface area contributed by atoms with Crippen LogP contribution in [0.25, 0.3) is 6.08 Å². The number of hydrogen-bond donors (Lipinski definition) is 2. The molecule has 0 spiro atoms. The smallest absolute Gasteiger partial charge is 0.266 e. The zero-order chi connectivity index (χ0) is 19.8. The number of methoxy groups -OCH3 is 1. The lowest BCUT2D eigenvalue weighted by Crippen LogP contribution is -2.13. The SMILES string of the molecule is CCCOc1c(I)cc(/C=C(/C#N)C(=O)Nc2ccc(O)cc2)cc1OC. The number of benzene rings is 2. The summed E-state index contributed by atoms with van der Waals surface area (Å²) in [6.45, 7) is 2.59. The Morgan fingerprint density at radius 1 is 1.33 bits per heavy atom. The average molecular weight is 478 g/mol. The predicted molar refractivity (Wildman–Crippen MR) is 112 cm³/mol. The van der Waals surface area contributed by atoms with Gasteiger partial charge in [0.05, 0.1) is 17.3 Å². The molecule has 2 rings (SSSR count). The molecule has 2 aromatic rings. The Labute approximate surface area is 171 Å². The van der Waals surface area contributed by atoms with Crippen molar-refractivity contribution in [3.63, 3.8) is 0 Å². The maximum Gasteiger partial charge on any atom is 0.266 e. The highest BCUT2D eigenvalue weighted by Crippen LogP contribution is 2.34. The molecule has 0 unspecified atom stereocenters. The van der Waals surface area contributed by atoms with Crippen LogP contribution in [0.4, 0.5) is 5.69 Å². The highest BCUT2D eigenvalue weighted by Gasteiger charge is 2.14. The van der Waals surface area contributed by atoms with E-state index in [2.05, 4.69) is 27.9 Å². The van der Waals surface area contributed by atoms with Gasteiger partial charge in [-0.2, -0.15) is 5.26 Å². The van der Waals surface area contributed by atoms with E-state index in [1.54, 1.807) is 25.3 Å². The third-order valence-electron chi connectivity index (χ3n) is 3.50. The number of aromatic hydroxyl groups is 1. The van der Waals surface area contributed by atoms with Crippen LogP contribution in [0.2, 0.25) is 0 Å². The number of nitrogens with zero attached hydrogens (tertiary/aromatic N) is 1. The second-order valence-corrected chi connectivity index (χ2v) is 6.72. The first-order valence-corrected chi connectivity index (χ1v) is 9.28. The second kappa shape index (κ2) is 9.83. The molecule has 0 saturated heterocycles. The molecule has 0 aliphatic heterocycles. The third-order valence-corrected chi connectivity index (χ3v) is 4.30. The lowest BCUT2D eigenvalue weighted by atomic mass is 10.1. The van der Waals surface area contributed by atoms with Gasteiger partial charge in [-0.25, -0.2) is 0 Å². The number of nitriles is 1. The van der Waals surface area contributed by atoms with Crippen LogP contribution in [0.1, 0.15) is 18.9 Å². The lowest BCUT2D eigenvalue weighted by Gasteiger charge is -2.13. The Morgan fingerprint density at radius 2 is 2.04 bits per heavy atom. The van der Waals surface area contributed by atoms with Crippen LogP contribution in [0.5, 0.6) is 17.2 Å². The van der Waals surface area contributed by atoms with E-state index in [4.69, 9.17) is 9.47 Å². The van der Waals surface area contributed by atoms with Crippen LogP contribution in [0.3, 0.4) is 0 Å². The van der Waals surface area contributed by atoms with Crippen molar-refractivity contribution in [3.05, 3.63) is 51.1 Å². The van der Waals surface area contributed by atoms with Crippen molar-refractivity contribution in [2.75, 3.05) is 19.0 Å². The van der Waals surface area contributed by atoms with Gasteiger partial charge in [-0.15, -0.1) is 0 Å². The van der Waals surface area contributed by atoms with E-state index < -0.39 is 5.91 Å². The number of carbonyl (C=O) groups excluding carboxylic acids is 1. The van der Waals surface area contributed by atoms with Crippen LogP contribution < -0.4 is 14.8 Å². The summed E-state index contributed by atoms with van der Waals surface area (Å²) in [6, 6.07) is 11.5. The molecular weight excluding hydrogens is 459 g/mol. The molecule has 0 radical (unpaired) electrons. The van der Waals surface area contributed by atoms with Crippen LogP contribution in [0.15, 0.2) is 42.0 Å². The molecule has 2 N–H and O–H groups in total. The molecule has 0 saturated carbocycles. The number of nitrogens with one attached hydrogen (secondary N) is 1. The summed E-state index contributed by atoms with van der Waals surface area (Å²) in [6.07, 6.45) is 2.36. The first kappa shape index (κ1) is 20.6. The first-order chi connectivity index (χ1) is 13.0. The normalized spacial score (nSPS) is 10.8. The highest BCUT2D eigenvalue weighted by atomic mass is 127. The Bertz CT molecular complexity index is 886. The predicted octanol–water partition coefficient (Wildman–Crippen LogP) is 4.34. The van der Waals surface area contributed by atoms with Crippen molar-refractivity contribution in [3.8, 4) is 23.3 Å². The zero-order valence-electron chi connectivity index (χ0n) is 15.0. The fourth-order valence-electron chi connectivity index (χ4n) is 2.23. The van der Waals surface area contributed by atoms with Crippen LogP contribution in [0, 0.1) is 14.9 Å². The zero-order valence-corrected chi connectivity index (χ0v) is 17.1. The number of amides is 1. The highest BCUT2D eigenvalue weighted by molar-refractivity contribution is 14.1. The van der Waals surface area contributed by atoms with E-state index in [1.807, 2.05) is 19.1 Å². The quantitative estimate of drug-likeness (QED) is 0.268. The van der Waals surface area contributed by atoms with Gasteiger partial charge in [-0.05, 0) is 77.0 Å². The minimum absolute atomic E-state index is 0.0526. The van der Waals surface area contributed by atoms with Gasteiger partial charge >= 0.3 is 0 Å². The fourth-order valence-corrected chi connectivity index (χ4v) is 3.01. The molecule has 0 bridgehead atoms. The van der Waals surface area contributed by atoms with Crippen molar-refractivity contribution < 1.29 is 19.4 Å². The number of ether oxygens (including phenoxy) is 2. The van der Waals surface area contributed by atoms with Gasteiger partial charge in [0.25, 0.3) is 5.91 Å². The summed E-state index contributed by atoms with van der Waals surface area (Å²) in [7, 11) is 1.54. The second-order valence-electron chi connectivity index (χ2n) is 5.55. The molecule has 7 heteroatoms. The molecule has 27 heavy (non-hydrogen) atoms. The maximum atomic E-state index is 12.4. The molecule has 140 valence electrons. The Kier molecular flexibility index (Phi) is 7.49. The number of halogens is 1. The van der Waals surface area contributed by atoms with Crippen molar-refractivity contribution >= 4 is 40.3 Å². The van der Waals surface area contributed by atoms with Crippen LogP contribution in [-0.4, -0.2) is 24.7 Å². The average Bonchev–Trinajstić information content (AvgIpc) is 2.66. The Morgan fingerprint density at radius 3 is 2.63 bits per heavy atom. The summed E-state index contributed by atoms with van der Waals surface area (Å²) in [4.78, 5) is 12.4. The van der Waals surface area contributed by atoms with E-state index in [0.717, 1.165) is 9.99 Å². The summed E-state index contributed by atoms with van der Waals surface area (Å²) in [5.41, 5.74) is 1.08. The number of phenols is 1. The van der Waals surface area contributed by atoms with Crippen LogP contribution in [-0.2, 0) is 4.79 Å². The minimum Gasteiger partial charge on any atom is -0.508 e. The van der Waals surface area contributed by atoms with Crippen molar-refractivity contribution in [1.29, 1.82) is 5.26 Å². The van der Waals surface area contributed by atoms with Crippen molar-refractivity contribution in [2.45, 2.75) is 13.3 Å². The van der Waals surface area contributed by atoms with Crippen molar-refractivity contribution in [1.82, 2.24) is 0 Å². The van der Waals surface area contributed by atoms with E-state index in [1.165, 1.54) is 18.2 Å². The summed E-state index contributed by atoms with van der Waals surface area (Å²) in [5.74, 6) is 0.738. The molecule has 0 aliphatic carbocycles.